The molecule has 0 aliphatic heterocycles. The van der Waals surface area contributed by atoms with E-state index in [-0.39, 0.29) is 12.1 Å². The Labute approximate surface area is 201 Å². The summed E-state index contributed by atoms with van der Waals surface area (Å²) in [5.74, 6) is 0.235. The second-order valence-electron chi connectivity index (χ2n) is 9.10. The van der Waals surface area contributed by atoms with Gasteiger partial charge in [-0.25, -0.2) is 4.79 Å². The van der Waals surface area contributed by atoms with E-state index in [2.05, 4.69) is 20.8 Å². The number of hydrogen-bond acceptors (Lipinski definition) is 3. The first-order chi connectivity index (χ1) is 16.1. The van der Waals surface area contributed by atoms with Crippen LogP contribution in [0.25, 0.3) is 0 Å². The van der Waals surface area contributed by atoms with E-state index in [0.29, 0.717) is 11.3 Å². The van der Waals surface area contributed by atoms with Crippen molar-refractivity contribution in [2.75, 3.05) is 6.61 Å². The molecule has 2 rings (SSSR count). The van der Waals surface area contributed by atoms with Crippen LogP contribution in [0.4, 0.5) is 0 Å². The van der Waals surface area contributed by atoms with Crippen LogP contribution in [0.3, 0.4) is 0 Å². The largest absolute Gasteiger partial charge is 0.423 e. The maximum Gasteiger partial charge on any atom is 0.343 e. The van der Waals surface area contributed by atoms with Crippen molar-refractivity contribution in [3.8, 4) is 5.75 Å². The zero-order valence-corrected chi connectivity index (χ0v) is 21.1. The molecule has 0 amide bonds. The Balaban J connectivity index is 1.62. The highest BCUT2D eigenvalue weighted by atomic mass is 16.5. The minimum Gasteiger partial charge on any atom is -0.423 e. The maximum absolute atomic E-state index is 12.4. The van der Waals surface area contributed by atoms with E-state index in [9.17, 15) is 4.79 Å². The summed E-state index contributed by atoms with van der Waals surface area (Å²) in [5, 5.41) is 0. The molecule has 33 heavy (non-hydrogen) atoms. The lowest BCUT2D eigenvalue weighted by Crippen LogP contribution is -2.08. The Kier molecular flexibility index (Phi) is 13.5. The van der Waals surface area contributed by atoms with E-state index in [1.165, 1.54) is 63.4 Å². The van der Waals surface area contributed by atoms with Gasteiger partial charge in [0.2, 0.25) is 0 Å². The standard InChI is InChI=1S/C30H44O3/c1-4-6-7-8-9-10-11-12-13-14-24-32-25(3)27-20-22-29(23-21-27)33-30(31)28-18-16-26(15-5-2)17-19-28/h16-23,25H,4-15,24H2,1-3H3. The quantitative estimate of drug-likeness (QED) is 0.137. The molecule has 1 unspecified atom stereocenters. The topological polar surface area (TPSA) is 35.5 Å². The Morgan fingerprint density at radius 1 is 0.727 bits per heavy atom. The molecule has 3 heteroatoms. The number of unbranched alkanes of at least 4 members (excludes halogenated alkanes) is 9. The second kappa shape index (κ2) is 16.5. The molecule has 0 aliphatic rings. The summed E-state index contributed by atoms with van der Waals surface area (Å²) in [4.78, 5) is 12.4. The molecule has 0 spiro atoms. The first-order valence-corrected chi connectivity index (χ1v) is 13.2. The lowest BCUT2D eigenvalue weighted by atomic mass is 10.1. The molecule has 0 saturated heterocycles. The molecule has 0 saturated carbocycles. The van der Waals surface area contributed by atoms with Gasteiger partial charge in [0.25, 0.3) is 0 Å². The highest BCUT2D eigenvalue weighted by molar-refractivity contribution is 5.91. The van der Waals surface area contributed by atoms with Gasteiger partial charge in [0.1, 0.15) is 5.75 Å². The van der Waals surface area contributed by atoms with Crippen molar-refractivity contribution in [3.05, 3.63) is 65.2 Å². The first-order valence-electron chi connectivity index (χ1n) is 13.2. The molecule has 1 atom stereocenters. The fraction of sp³-hybridized carbons (Fsp3) is 0.567. The minimum atomic E-state index is -0.323. The Bertz CT molecular complexity index is 764. The number of hydrogen-bond donors (Lipinski definition) is 0. The molecule has 0 N–H and O–H groups in total. The predicted octanol–water partition coefficient (Wildman–Crippen LogP) is 8.86. The van der Waals surface area contributed by atoms with Crippen LogP contribution in [0.15, 0.2) is 48.5 Å². The number of carbonyl (C=O) groups excluding carboxylic acids is 1. The zero-order valence-electron chi connectivity index (χ0n) is 21.1. The Morgan fingerprint density at radius 3 is 1.88 bits per heavy atom. The number of rotatable bonds is 17. The summed E-state index contributed by atoms with van der Waals surface area (Å²) in [6.45, 7) is 7.29. The first kappa shape index (κ1) is 27.1. The molecule has 0 heterocycles. The van der Waals surface area contributed by atoms with E-state index >= 15 is 0 Å². The number of benzene rings is 2. The van der Waals surface area contributed by atoms with Crippen LogP contribution in [0.1, 0.15) is 119 Å². The smallest absolute Gasteiger partial charge is 0.343 e. The lowest BCUT2D eigenvalue weighted by Gasteiger charge is -2.14. The van der Waals surface area contributed by atoms with Crippen molar-refractivity contribution in [2.45, 2.75) is 104 Å². The molecule has 3 nitrogen and oxygen atoms in total. The van der Waals surface area contributed by atoms with E-state index in [0.717, 1.165) is 31.4 Å². The average Bonchev–Trinajstić information content (AvgIpc) is 2.83. The Hall–Kier alpha value is -2.13. The molecule has 0 fully saturated rings. The third kappa shape index (κ3) is 11.0. The van der Waals surface area contributed by atoms with Crippen LogP contribution in [0, 0.1) is 0 Å². The summed E-state index contributed by atoms with van der Waals surface area (Å²) >= 11 is 0. The lowest BCUT2D eigenvalue weighted by molar-refractivity contribution is 0.0627. The third-order valence-electron chi connectivity index (χ3n) is 6.15. The van der Waals surface area contributed by atoms with Crippen LogP contribution < -0.4 is 4.74 Å². The van der Waals surface area contributed by atoms with Crippen LogP contribution in [-0.4, -0.2) is 12.6 Å². The van der Waals surface area contributed by atoms with Gasteiger partial charge in [-0.2, -0.15) is 0 Å². The Morgan fingerprint density at radius 2 is 1.30 bits per heavy atom. The number of esters is 1. The van der Waals surface area contributed by atoms with Crippen molar-refractivity contribution >= 4 is 5.97 Å². The maximum atomic E-state index is 12.4. The number of carbonyl (C=O) groups is 1. The van der Waals surface area contributed by atoms with Crippen LogP contribution in [0.2, 0.25) is 0 Å². The molecule has 2 aromatic rings. The molecule has 0 radical (unpaired) electrons. The predicted molar refractivity (Wildman–Crippen MR) is 138 cm³/mol. The zero-order chi connectivity index (χ0) is 23.7. The van der Waals surface area contributed by atoms with E-state index < -0.39 is 0 Å². The fourth-order valence-corrected chi connectivity index (χ4v) is 4.01. The highest BCUT2D eigenvalue weighted by Gasteiger charge is 2.10. The highest BCUT2D eigenvalue weighted by Crippen LogP contribution is 2.22. The van der Waals surface area contributed by atoms with Crippen molar-refractivity contribution < 1.29 is 14.3 Å². The van der Waals surface area contributed by atoms with Gasteiger partial charge in [0.15, 0.2) is 0 Å². The normalized spacial score (nSPS) is 12.0. The third-order valence-corrected chi connectivity index (χ3v) is 6.15. The van der Waals surface area contributed by atoms with Crippen LogP contribution >= 0.6 is 0 Å². The van der Waals surface area contributed by atoms with Gasteiger partial charge in [0.05, 0.1) is 11.7 Å². The number of ether oxygens (including phenoxy) is 2. The van der Waals surface area contributed by atoms with Crippen molar-refractivity contribution in [1.82, 2.24) is 0 Å². The van der Waals surface area contributed by atoms with Gasteiger partial charge in [-0.3, -0.25) is 0 Å². The van der Waals surface area contributed by atoms with Crippen molar-refractivity contribution in [3.63, 3.8) is 0 Å². The average molecular weight is 453 g/mol. The summed E-state index contributed by atoms with van der Waals surface area (Å²) in [7, 11) is 0. The summed E-state index contributed by atoms with van der Waals surface area (Å²) < 4.78 is 11.5. The fourth-order valence-electron chi connectivity index (χ4n) is 4.01. The molecular formula is C30H44O3. The monoisotopic (exact) mass is 452 g/mol. The SMILES string of the molecule is CCCCCCCCCCCCOC(C)c1ccc(OC(=O)c2ccc(CCC)cc2)cc1. The summed E-state index contributed by atoms with van der Waals surface area (Å²) in [6, 6.07) is 15.3. The number of aryl methyl sites for hydroxylation is 1. The van der Waals surface area contributed by atoms with E-state index in [1.54, 1.807) is 0 Å². The van der Waals surface area contributed by atoms with Gasteiger partial charge in [0, 0.05) is 6.61 Å². The van der Waals surface area contributed by atoms with Crippen LogP contribution in [-0.2, 0) is 11.2 Å². The van der Waals surface area contributed by atoms with Gasteiger partial charge in [-0.15, -0.1) is 0 Å². The van der Waals surface area contributed by atoms with Crippen molar-refractivity contribution in [1.29, 1.82) is 0 Å². The van der Waals surface area contributed by atoms with E-state index in [1.807, 2.05) is 48.5 Å². The summed E-state index contributed by atoms with van der Waals surface area (Å²) in [5.41, 5.74) is 2.92. The molecule has 2 aromatic carbocycles. The molecule has 0 bridgehead atoms. The van der Waals surface area contributed by atoms with Gasteiger partial charge < -0.3 is 9.47 Å². The van der Waals surface area contributed by atoms with E-state index in [4.69, 9.17) is 9.47 Å². The van der Waals surface area contributed by atoms with Gasteiger partial charge >= 0.3 is 5.97 Å². The molecule has 0 aromatic heterocycles. The second-order valence-corrected chi connectivity index (χ2v) is 9.10. The van der Waals surface area contributed by atoms with Crippen LogP contribution in [0.5, 0.6) is 5.75 Å². The van der Waals surface area contributed by atoms with Gasteiger partial charge in [-0.05, 0) is 55.2 Å². The molecule has 0 aliphatic carbocycles. The minimum absolute atomic E-state index is 0.0411. The molecular weight excluding hydrogens is 408 g/mol. The van der Waals surface area contributed by atoms with Gasteiger partial charge in [-0.1, -0.05) is 102 Å². The van der Waals surface area contributed by atoms with Crippen molar-refractivity contribution in [2.24, 2.45) is 0 Å². The summed E-state index contributed by atoms with van der Waals surface area (Å²) in [6.07, 6.45) is 15.5. The molecule has 182 valence electrons.